The third-order valence-corrected chi connectivity index (χ3v) is 6.32. The third kappa shape index (κ3) is 4.54. The average molecular weight is 395 g/mol. The molecule has 0 aliphatic carbocycles. The molecule has 4 nitrogen and oxygen atoms in total. The van der Waals surface area contributed by atoms with Crippen LogP contribution in [0.1, 0.15) is 27.8 Å². The normalized spacial score (nSPS) is 11.3. The maximum absolute atomic E-state index is 13.1. The number of anilines is 2. The molecular formula is C23H26N2O2S. The van der Waals surface area contributed by atoms with Crippen LogP contribution in [0.3, 0.4) is 0 Å². The first-order chi connectivity index (χ1) is 13.3. The first kappa shape index (κ1) is 20.0. The van der Waals surface area contributed by atoms with Crippen LogP contribution in [0.15, 0.2) is 65.6 Å². The second kappa shape index (κ2) is 8.07. The van der Waals surface area contributed by atoms with Gasteiger partial charge < -0.3 is 5.32 Å². The highest BCUT2D eigenvalue weighted by molar-refractivity contribution is 7.92. The molecule has 3 rings (SSSR count). The van der Waals surface area contributed by atoms with E-state index in [2.05, 4.69) is 41.2 Å². The molecule has 0 fully saturated rings. The number of rotatable bonds is 6. The predicted molar refractivity (Wildman–Crippen MR) is 116 cm³/mol. The van der Waals surface area contributed by atoms with Crippen LogP contribution in [-0.4, -0.2) is 8.42 Å². The molecule has 0 bridgehead atoms. The van der Waals surface area contributed by atoms with E-state index in [1.807, 2.05) is 51.1 Å². The zero-order chi connectivity index (χ0) is 20.3. The van der Waals surface area contributed by atoms with E-state index in [1.165, 1.54) is 5.56 Å². The first-order valence-electron chi connectivity index (χ1n) is 9.25. The lowest BCUT2D eigenvalue weighted by atomic mass is 10.1. The molecule has 0 heterocycles. The zero-order valence-electron chi connectivity index (χ0n) is 16.7. The van der Waals surface area contributed by atoms with Crippen molar-refractivity contribution in [2.75, 3.05) is 10.0 Å². The second-order valence-corrected chi connectivity index (χ2v) is 8.84. The number of hydrogen-bond acceptors (Lipinski definition) is 3. The van der Waals surface area contributed by atoms with Gasteiger partial charge in [0.2, 0.25) is 0 Å². The lowest BCUT2D eigenvalue weighted by Gasteiger charge is -2.17. The number of benzene rings is 3. The minimum absolute atomic E-state index is 0.339. The molecule has 0 aromatic heterocycles. The van der Waals surface area contributed by atoms with E-state index < -0.39 is 10.0 Å². The summed E-state index contributed by atoms with van der Waals surface area (Å²) >= 11 is 0. The smallest absolute Gasteiger partial charge is 0.262 e. The largest absolute Gasteiger partial charge is 0.379 e. The van der Waals surface area contributed by atoms with Gasteiger partial charge in [0.05, 0.1) is 16.3 Å². The zero-order valence-corrected chi connectivity index (χ0v) is 17.5. The molecule has 146 valence electrons. The number of nitrogens with one attached hydrogen (secondary N) is 2. The topological polar surface area (TPSA) is 58.2 Å². The maximum Gasteiger partial charge on any atom is 0.262 e. The first-order valence-corrected chi connectivity index (χ1v) is 10.7. The van der Waals surface area contributed by atoms with Gasteiger partial charge in [-0.05, 0) is 56.5 Å². The number of sulfonamides is 1. The van der Waals surface area contributed by atoms with Crippen molar-refractivity contribution in [2.24, 2.45) is 0 Å². The van der Waals surface area contributed by atoms with Crippen molar-refractivity contribution >= 4 is 21.4 Å². The highest BCUT2D eigenvalue weighted by Crippen LogP contribution is 2.28. The molecule has 0 atom stereocenters. The minimum atomic E-state index is -3.69. The van der Waals surface area contributed by atoms with Crippen LogP contribution in [0.25, 0.3) is 0 Å². The third-order valence-electron chi connectivity index (χ3n) is 4.65. The number of hydrogen-bond donors (Lipinski definition) is 2. The molecule has 0 saturated carbocycles. The van der Waals surface area contributed by atoms with E-state index in [0.717, 1.165) is 27.9 Å². The summed E-state index contributed by atoms with van der Waals surface area (Å²) in [5.41, 5.74) is 6.16. The Hall–Kier alpha value is -2.79. The Bertz CT molecular complexity index is 1060. The summed E-state index contributed by atoms with van der Waals surface area (Å²) in [5.74, 6) is 0. The van der Waals surface area contributed by atoms with Crippen molar-refractivity contribution in [1.82, 2.24) is 0 Å². The van der Waals surface area contributed by atoms with Crippen LogP contribution in [0.2, 0.25) is 0 Å². The van der Waals surface area contributed by atoms with E-state index in [0.29, 0.717) is 17.1 Å². The summed E-state index contributed by atoms with van der Waals surface area (Å²) in [5, 5.41) is 3.33. The monoisotopic (exact) mass is 394 g/mol. The van der Waals surface area contributed by atoms with Gasteiger partial charge in [0, 0.05) is 6.54 Å². The summed E-state index contributed by atoms with van der Waals surface area (Å²) < 4.78 is 28.9. The predicted octanol–water partition coefficient (Wildman–Crippen LogP) is 5.33. The highest BCUT2D eigenvalue weighted by atomic mass is 32.2. The van der Waals surface area contributed by atoms with Crippen LogP contribution in [0.5, 0.6) is 0 Å². The molecule has 0 aliphatic rings. The molecule has 0 saturated heterocycles. The average Bonchev–Trinajstić information content (AvgIpc) is 2.61. The van der Waals surface area contributed by atoms with Crippen LogP contribution in [0, 0.1) is 27.7 Å². The van der Waals surface area contributed by atoms with E-state index in [-0.39, 0.29) is 0 Å². The van der Waals surface area contributed by atoms with Crippen LogP contribution >= 0.6 is 0 Å². The molecular weight excluding hydrogens is 368 g/mol. The van der Waals surface area contributed by atoms with E-state index in [1.54, 1.807) is 6.07 Å². The van der Waals surface area contributed by atoms with Gasteiger partial charge in [0.25, 0.3) is 10.0 Å². The van der Waals surface area contributed by atoms with E-state index in [9.17, 15) is 8.42 Å². The molecule has 28 heavy (non-hydrogen) atoms. The van der Waals surface area contributed by atoms with Gasteiger partial charge in [-0.25, -0.2) is 8.42 Å². The number of aryl methyl sites for hydroxylation is 4. The molecule has 2 N–H and O–H groups in total. The molecule has 0 spiro atoms. The maximum atomic E-state index is 13.1. The lowest BCUT2D eigenvalue weighted by molar-refractivity contribution is 0.600. The summed E-state index contributed by atoms with van der Waals surface area (Å²) in [4.78, 5) is 0.339. The fourth-order valence-electron chi connectivity index (χ4n) is 3.42. The van der Waals surface area contributed by atoms with Crippen molar-refractivity contribution in [3.8, 4) is 0 Å². The van der Waals surface area contributed by atoms with Crippen LogP contribution < -0.4 is 10.0 Å². The standard InChI is InChI=1S/C23H26N2O2S/c1-16-9-11-20(12-10-16)15-24-21-7-5-6-8-22(21)25-28(26,27)23-18(3)13-17(2)14-19(23)4/h5-14,24-25H,15H2,1-4H3. The van der Waals surface area contributed by atoms with Gasteiger partial charge in [-0.15, -0.1) is 0 Å². The Balaban J connectivity index is 1.86. The highest BCUT2D eigenvalue weighted by Gasteiger charge is 2.21. The molecule has 5 heteroatoms. The quantitative estimate of drug-likeness (QED) is 0.594. The fourth-order valence-corrected chi connectivity index (χ4v) is 4.95. The van der Waals surface area contributed by atoms with Crippen LogP contribution in [0.4, 0.5) is 11.4 Å². The molecule has 0 radical (unpaired) electrons. The fraction of sp³-hybridized carbons (Fsp3) is 0.217. The van der Waals surface area contributed by atoms with Crippen molar-refractivity contribution in [3.05, 3.63) is 88.5 Å². The van der Waals surface area contributed by atoms with Gasteiger partial charge in [-0.2, -0.15) is 0 Å². The van der Waals surface area contributed by atoms with E-state index >= 15 is 0 Å². The Kier molecular flexibility index (Phi) is 5.75. The number of para-hydroxylation sites is 2. The minimum Gasteiger partial charge on any atom is -0.379 e. The Labute approximate surface area is 167 Å². The summed E-state index contributed by atoms with van der Waals surface area (Å²) in [6.07, 6.45) is 0. The van der Waals surface area contributed by atoms with Gasteiger partial charge in [0.1, 0.15) is 0 Å². The van der Waals surface area contributed by atoms with Gasteiger partial charge in [0.15, 0.2) is 0 Å². The Morgan fingerprint density at radius 1 is 0.750 bits per heavy atom. The molecule has 0 unspecified atom stereocenters. The molecule has 3 aromatic carbocycles. The summed E-state index contributed by atoms with van der Waals surface area (Å²) in [7, 11) is -3.69. The van der Waals surface area contributed by atoms with Crippen LogP contribution in [-0.2, 0) is 16.6 Å². The summed E-state index contributed by atoms with van der Waals surface area (Å²) in [6, 6.07) is 19.4. The van der Waals surface area contributed by atoms with Crippen molar-refractivity contribution < 1.29 is 8.42 Å². The van der Waals surface area contributed by atoms with Gasteiger partial charge >= 0.3 is 0 Å². The van der Waals surface area contributed by atoms with Gasteiger partial charge in [-0.1, -0.05) is 59.7 Å². The van der Waals surface area contributed by atoms with E-state index in [4.69, 9.17) is 0 Å². The molecule has 3 aromatic rings. The van der Waals surface area contributed by atoms with Gasteiger partial charge in [-0.3, -0.25) is 4.72 Å². The summed E-state index contributed by atoms with van der Waals surface area (Å²) in [6.45, 7) is 8.29. The SMILES string of the molecule is Cc1ccc(CNc2ccccc2NS(=O)(=O)c2c(C)cc(C)cc2C)cc1. The molecule has 0 amide bonds. The van der Waals surface area contributed by atoms with Crippen molar-refractivity contribution in [2.45, 2.75) is 39.1 Å². The second-order valence-electron chi connectivity index (χ2n) is 7.22. The van der Waals surface area contributed by atoms with Crippen molar-refractivity contribution in [3.63, 3.8) is 0 Å². The Morgan fingerprint density at radius 2 is 1.32 bits per heavy atom. The Morgan fingerprint density at radius 3 is 1.93 bits per heavy atom. The molecule has 0 aliphatic heterocycles. The lowest BCUT2D eigenvalue weighted by Crippen LogP contribution is -2.17. The van der Waals surface area contributed by atoms with Crippen molar-refractivity contribution in [1.29, 1.82) is 0 Å².